The lowest BCUT2D eigenvalue weighted by atomic mass is 10.1. The number of phenols is 1. The van der Waals surface area contributed by atoms with Crippen molar-refractivity contribution in [1.29, 1.82) is 0 Å². The molecule has 0 saturated carbocycles. The van der Waals surface area contributed by atoms with Crippen molar-refractivity contribution >= 4 is 5.97 Å². The average Bonchev–Trinajstić information content (AvgIpc) is 3.18. The van der Waals surface area contributed by atoms with Crippen molar-refractivity contribution in [3.05, 3.63) is 54.1 Å². The van der Waals surface area contributed by atoms with Gasteiger partial charge < -0.3 is 29.5 Å². The molecule has 2 aromatic carbocycles. The minimum absolute atomic E-state index is 0.198. The highest BCUT2D eigenvalue weighted by Gasteiger charge is 2.16. The Morgan fingerprint density at radius 3 is 2.22 bits per heavy atom. The second-order valence-electron chi connectivity index (χ2n) is 4.79. The second kappa shape index (κ2) is 14.4. The summed E-state index contributed by atoms with van der Waals surface area (Å²) in [4.78, 5) is 10.6. The van der Waals surface area contributed by atoms with Crippen LogP contribution in [0, 0.1) is 0 Å². The Morgan fingerprint density at radius 1 is 1.07 bits per heavy atom. The van der Waals surface area contributed by atoms with Crippen LogP contribution < -0.4 is 9.47 Å². The summed E-state index contributed by atoms with van der Waals surface area (Å²) >= 11 is 0. The van der Waals surface area contributed by atoms with Crippen LogP contribution in [0.1, 0.15) is 19.4 Å². The van der Waals surface area contributed by atoms with E-state index in [2.05, 4.69) is 0 Å². The monoisotopic (exact) mass is 380 g/mol. The molecule has 1 unspecified atom stereocenters. The summed E-state index contributed by atoms with van der Waals surface area (Å²) in [5.74, 6) is 0.577. The molecule has 0 fully saturated rings. The zero-order chi connectivity index (χ0) is 20.7. The molecule has 7 heteroatoms. The molecular weight excluding hydrogens is 352 g/mol. The Hall–Kier alpha value is -2.77. The third kappa shape index (κ3) is 8.94. The van der Waals surface area contributed by atoms with Crippen LogP contribution in [-0.2, 0) is 16.0 Å². The lowest BCUT2D eigenvalue weighted by Gasteiger charge is -2.09. The third-order valence-electron chi connectivity index (χ3n) is 3.18. The van der Waals surface area contributed by atoms with Crippen LogP contribution in [0.15, 0.2) is 48.5 Å². The molecule has 2 aromatic rings. The predicted molar refractivity (Wildman–Crippen MR) is 102 cm³/mol. The van der Waals surface area contributed by atoms with Crippen molar-refractivity contribution in [3.8, 4) is 17.2 Å². The largest absolute Gasteiger partial charge is 0.508 e. The Kier molecular flexibility index (Phi) is 12.9. The van der Waals surface area contributed by atoms with Gasteiger partial charge in [0, 0.05) is 26.7 Å². The number of ether oxygens (including phenoxy) is 3. The fraction of sp³-hybridized carbons (Fsp3) is 0.350. The molecule has 1 atom stereocenters. The molecule has 1 aliphatic heterocycles. The number of methoxy groups -OCH3 is 1. The number of hydrogen-bond donors (Lipinski definition) is 3. The molecule has 0 aromatic heterocycles. The SMILES string of the molecule is CC.CO.COC(Cc1ccccc1)C(=O)O.Oc1ccc2c(c1)OCO2. The summed E-state index contributed by atoms with van der Waals surface area (Å²) in [6.45, 7) is 4.25. The molecule has 7 nitrogen and oxygen atoms in total. The number of benzene rings is 2. The number of phenolic OH excluding ortho intramolecular Hbond substituents is 1. The molecule has 0 bridgehead atoms. The highest BCUT2D eigenvalue weighted by atomic mass is 16.7. The highest BCUT2D eigenvalue weighted by Crippen LogP contribution is 2.34. The van der Waals surface area contributed by atoms with E-state index in [9.17, 15) is 4.79 Å². The summed E-state index contributed by atoms with van der Waals surface area (Å²) in [6.07, 6.45) is -0.338. The Bertz CT molecular complexity index is 644. The molecular formula is C20H28O7. The van der Waals surface area contributed by atoms with E-state index < -0.39 is 12.1 Å². The van der Waals surface area contributed by atoms with Crippen molar-refractivity contribution in [2.75, 3.05) is 21.0 Å². The zero-order valence-corrected chi connectivity index (χ0v) is 16.1. The molecule has 1 heterocycles. The van der Waals surface area contributed by atoms with Gasteiger partial charge >= 0.3 is 5.97 Å². The molecule has 27 heavy (non-hydrogen) atoms. The Labute approximate surface area is 159 Å². The van der Waals surface area contributed by atoms with Crippen molar-refractivity contribution in [2.24, 2.45) is 0 Å². The number of carboxylic acids is 1. The normalized spacial score (nSPS) is 11.4. The summed E-state index contributed by atoms with van der Waals surface area (Å²) in [5.41, 5.74) is 0.969. The quantitative estimate of drug-likeness (QED) is 0.748. The van der Waals surface area contributed by atoms with Crippen molar-refractivity contribution in [2.45, 2.75) is 26.4 Å². The fourth-order valence-corrected chi connectivity index (χ4v) is 1.98. The first kappa shape index (κ1) is 24.2. The van der Waals surface area contributed by atoms with E-state index in [0.29, 0.717) is 17.9 Å². The number of aliphatic hydroxyl groups is 1. The first-order valence-electron chi connectivity index (χ1n) is 8.43. The van der Waals surface area contributed by atoms with Gasteiger partial charge in [0.2, 0.25) is 6.79 Å². The molecule has 0 aliphatic carbocycles. The molecule has 0 amide bonds. The average molecular weight is 380 g/mol. The van der Waals surface area contributed by atoms with Crippen LogP contribution >= 0.6 is 0 Å². The van der Waals surface area contributed by atoms with Crippen molar-refractivity contribution < 1.29 is 34.3 Å². The van der Waals surface area contributed by atoms with Gasteiger partial charge in [-0.15, -0.1) is 0 Å². The highest BCUT2D eigenvalue weighted by molar-refractivity contribution is 5.72. The number of rotatable bonds is 4. The van der Waals surface area contributed by atoms with Crippen molar-refractivity contribution in [1.82, 2.24) is 0 Å². The van der Waals surface area contributed by atoms with Gasteiger partial charge in [0.25, 0.3) is 0 Å². The minimum Gasteiger partial charge on any atom is -0.508 e. The Balaban J connectivity index is 0.000000430. The van der Waals surface area contributed by atoms with Gasteiger partial charge in [0.15, 0.2) is 17.6 Å². The molecule has 0 saturated heterocycles. The summed E-state index contributed by atoms with van der Waals surface area (Å²) in [5, 5.41) is 24.7. The zero-order valence-electron chi connectivity index (χ0n) is 16.1. The smallest absolute Gasteiger partial charge is 0.333 e. The minimum atomic E-state index is -0.925. The van der Waals surface area contributed by atoms with Crippen LogP contribution in [0.25, 0.3) is 0 Å². The third-order valence-corrected chi connectivity index (χ3v) is 3.18. The number of aliphatic hydroxyl groups excluding tert-OH is 1. The van der Waals surface area contributed by atoms with Gasteiger partial charge in [-0.1, -0.05) is 44.2 Å². The van der Waals surface area contributed by atoms with Gasteiger partial charge in [-0.05, 0) is 17.7 Å². The summed E-state index contributed by atoms with van der Waals surface area (Å²) in [6, 6.07) is 14.2. The van der Waals surface area contributed by atoms with Crippen LogP contribution in [0.3, 0.4) is 0 Å². The van der Waals surface area contributed by atoms with Gasteiger partial charge in [-0.2, -0.15) is 0 Å². The summed E-state index contributed by atoms with van der Waals surface area (Å²) in [7, 11) is 2.40. The molecule has 3 rings (SSSR count). The Morgan fingerprint density at radius 2 is 1.67 bits per heavy atom. The van der Waals surface area contributed by atoms with Gasteiger partial charge in [-0.25, -0.2) is 4.79 Å². The number of aliphatic carboxylic acids is 1. The van der Waals surface area contributed by atoms with Crippen LogP contribution in [0.2, 0.25) is 0 Å². The predicted octanol–water partition coefficient (Wildman–Crippen LogP) is 3.08. The second-order valence-corrected chi connectivity index (χ2v) is 4.79. The van der Waals surface area contributed by atoms with Gasteiger partial charge in [-0.3, -0.25) is 0 Å². The summed E-state index contributed by atoms with van der Waals surface area (Å²) < 4.78 is 14.8. The number of carboxylic acid groups (broad SMARTS) is 1. The molecule has 1 aliphatic rings. The molecule has 150 valence electrons. The van der Waals surface area contributed by atoms with Gasteiger partial charge in [0.1, 0.15) is 5.75 Å². The lowest BCUT2D eigenvalue weighted by molar-refractivity contribution is -0.148. The van der Waals surface area contributed by atoms with E-state index in [1.54, 1.807) is 12.1 Å². The number of carbonyl (C=O) groups is 1. The lowest BCUT2D eigenvalue weighted by Crippen LogP contribution is -2.24. The maximum Gasteiger partial charge on any atom is 0.333 e. The van der Waals surface area contributed by atoms with E-state index in [0.717, 1.165) is 12.7 Å². The standard InChI is InChI=1S/C10H12O3.C7H6O3.C2H6.CH4O/c1-13-9(10(11)12)7-8-5-3-2-4-6-8;8-5-1-2-6-7(3-5)10-4-9-6;2*1-2/h2-6,9H,7H2,1H3,(H,11,12);1-3,8H,4H2;1-2H3;2H,1H3. The van der Waals surface area contributed by atoms with Gasteiger partial charge in [0.05, 0.1) is 0 Å². The maximum atomic E-state index is 10.6. The van der Waals surface area contributed by atoms with Crippen LogP contribution in [-0.4, -0.2) is 48.4 Å². The maximum absolute atomic E-state index is 10.6. The van der Waals surface area contributed by atoms with E-state index in [4.69, 9.17) is 29.5 Å². The fourth-order valence-electron chi connectivity index (χ4n) is 1.98. The van der Waals surface area contributed by atoms with E-state index in [1.807, 2.05) is 44.2 Å². The van der Waals surface area contributed by atoms with E-state index >= 15 is 0 Å². The van der Waals surface area contributed by atoms with E-state index in [-0.39, 0.29) is 12.5 Å². The number of aromatic hydroxyl groups is 1. The van der Waals surface area contributed by atoms with Crippen LogP contribution in [0.5, 0.6) is 17.2 Å². The van der Waals surface area contributed by atoms with Crippen molar-refractivity contribution in [3.63, 3.8) is 0 Å². The number of hydrogen-bond acceptors (Lipinski definition) is 6. The molecule has 3 N–H and O–H groups in total. The first-order chi connectivity index (χ1) is 13.1. The van der Waals surface area contributed by atoms with E-state index in [1.165, 1.54) is 13.2 Å². The molecule has 0 spiro atoms. The topological polar surface area (TPSA) is 105 Å². The van der Waals surface area contributed by atoms with Crippen LogP contribution in [0.4, 0.5) is 0 Å². The number of fused-ring (bicyclic) bond motifs is 1. The molecule has 0 radical (unpaired) electrons. The first-order valence-corrected chi connectivity index (χ1v) is 8.43.